The van der Waals surface area contributed by atoms with Crippen LogP contribution in [0.2, 0.25) is 0 Å². The van der Waals surface area contributed by atoms with E-state index in [2.05, 4.69) is 0 Å². The van der Waals surface area contributed by atoms with Gasteiger partial charge in [0, 0.05) is 26.2 Å². The molecule has 0 aromatic heterocycles. The summed E-state index contributed by atoms with van der Waals surface area (Å²) in [6.45, 7) is 6.88. The molecule has 29 heavy (non-hydrogen) atoms. The van der Waals surface area contributed by atoms with E-state index in [1.807, 2.05) is 30.3 Å². The van der Waals surface area contributed by atoms with Crippen molar-refractivity contribution in [3.8, 4) is 0 Å². The highest BCUT2D eigenvalue weighted by Gasteiger charge is 2.48. The number of aliphatic carboxylic acids is 1. The second-order valence-corrected chi connectivity index (χ2v) is 8.70. The molecule has 8 nitrogen and oxygen atoms in total. The summed E-state index contributed by atoms with van der Waals surface area (Å²) in [6.07, 6.45) is -0.899. The molecule has 2 saturated heterocycles. The van der Waals surface area contributed by atoms with Gasteiger partial charge >= 0.3 is 18.2 Å². The molecule has 0 spiro atoms. The van der Waals surface area contributed by atoms with Crippen molar-refractivity contribution in [1.82, 2.24) is 9.80 Å². The third kappa shape index (κ3) is 5.19. The van der Waals surface area contributed by atoms with E-state index in [4.69, 9.17) is 9.47 Å². The Kier molecular flexibility index (Phi) is 6.00. The zero-order valence-corrected chi connectivity index (χ0v) is 17.0. The Bertz CT molecular complexity index is 754. The van der Waals surface area contributed by atoms with Crippen LogP contribution in [-0.4, -0.2) is 64.8 Å². The molecule has 2 heterocycles. The van der Waals surface area contributed by atoms with E-state index in [-0.39, 0.29) is 25.0 Å². The van der Waals surface area contributed by atoms with Crippen molar-refractivity contribution in [2.75, 3.05) is 26.2 Å². The largest absolute Gasteiger partial charge is 0.481 e. The van der Waals surface area contributed by atoms with Gasteiger partial charge in [-0.3, -0.25) is 4.79 Å². The molecular weight excluding hydrogens is 376 g/mol. The summed E-state index contributed by atoms with van der Waals surface area (Å²) in [5, 5.41) is 9.60. The molecule has 0 bridgehead atoms. The van der Waals surface area contributed by atoms with Crippen LogP contribution in [0.5, 0.6) is 0 Å². The van der Waals surface area contributed by atoms with Crippen molar-refractivity contribution in [2.45, 2.75) is 33.0 Å². The third-order valence-electron chi connectivity index (χ3n) is 5.31. The molecule has 2 aliphatic rings. The van der Waals surface area contributed by atoms with Crippen LogP contribution < -0.4 is 0 Å². The Morgan fingerprint density at radius 3 is 2.21 bits per heavy atom. The van der Waals surface area contributed by atoms with Gasteiger partial charge in [-0.2, -0.15) is 0 Å². The lowest BCUT2D eigenvalue weighted by Gasteiger charge is -2.43. The number of carboxylic acid groups (broad SMARTS) is 1. The van der Waals surface area contributed by atoms with E-state index >= 15 is 0 Å². The van der Waals surface area contributed by atoms with Crippen molar-refractivity contribution in [3.05, 3.63) is 35.9 Å². The minimum Gasteiger partial charge on any atom is -0.481 e. The summed E-state index contributed by atoms with van der Waals surface area (Å²) in [5.41, 5.74) is 0.303. The first kappa shape index (κ1) is 21.0. The fourth-order valence-corrected chi connectivity index (χ4v) is 3.79. The van der Waals surface area contributed by atoms with Crippen molar-refractivity contribution in [2.24, 2.45) is 17.8 Å². The Morgan fingerprint density at radius 2 is 1.62 bits per heavy atom. The number of amides is 2. The SMILES string of the molecule is CC(C)(C)OC(=O)N1CC([C@@H]2CN(C(=O)OCc3ccccc3)C[C@H]2C(=O)O)C1. The molecule has 2 fully saturated rings. The standard InChI is InChI=1S/C21H28N2O6/c1-21(2,3)29-20(27)22-9-15(10-22)16-11-23(12-17(16)18(24)25)19(26)28-13-14-7-5-4-6-8-14/h4-8,15-17H,9-13H2,1-3H3,(H,24,25)/t16-,17+/m0/s1. The normalized spacial score (nSPS) is 22.2. The molecule has 3 rings (SSSR count). The number of carbonyl (C=O) groups is 3. The summed E-state index contributed by atoms with van der Waals surface area (Å²) in [5.74, 6) is -1.78. The highest BCUT2D eigenvalue weighted by atomic mass is 16.6. The summed E-state index contributed by atoms with van der Waals surface area (Å²) in [6, 6.07) is 9.33. The van der Waals surface area contributed by atoms with Crippen LogP contribution in [-0.2, 0) is 20.9 Å². The summed E-state index contributed by atoms with van der Waals surface area (Å²) < 4.78 is 10.7. The second kappa shape index (κ2) is 8.31. The Balaban J connectivity index is 1.54. The first-order valence-corrected chi connectivity index (χ1v) is 9.80. The molecule has 1 aromatic carbocycles. The topological polar surface area (TPSA) is 96.4 Å². The van der Waals surface area contributed by atoms with E-state index in [1.54, 1.807) is 25.7 Å². The third-order valence-corrected chi connectivity index (χ3v) is 5.31. The van der Waals surface area contributed by atoms with Gasteiger partial charge in [0.25, 0.3) is 0 Å². The van der Waals surface area contributed by atoms with Crippen LogP contribution in [0.3, 0.4) is 0 Å². The van der Waals surface area contributed by atoms with Crippen molar-refractivity contribution >= 4 is 18.2 Å². The number of nitrogens with zero attached hydrogens (tertiary/aromatic N) is 2. The molecule has 0 unspecified atom stereocenters. The van der Waals surface area contributed by atoms with Gasteiger partial charge in [-0.15, -0.1) is 0 Å². The number of carbonyl (C=O) groups excluding carboxylic acids is 2. The minimum atomic E-state index is -0.927. The average molecular weight is 404 g/mol. The average Bonchev–Trinajstić information content (AvgIpc) is 3.03. The van der Waals surface area contributed by atoms with Crippen LogP contribution >= 0.6 is 0 Å². The number of hydrogen-bond acceptors (Lipinski definition) is 5. The molecule has 0 radical (unpaired) electrons. The number of carboxylic acids is 1. The van der Waals surface area contributed by atoms with Crippen LogP contribution in [0.15, 0.2) is 30.3 Å². The zero-order valence-electron chi connectivity index (χ0n) is 17.0. The van der Waals surface area contributed by atoms with Crippen LogP contribution in [0, 0.1) is 17.8 Å². The van der Waals surface area contributed by atoms with E-state index in [0.717, 1.165) is 5.56 Å². The van der Waals surface area contributed by atoms with Gasteiger partial charge in [0.1, 0.15) is 12.2 Å². The molecule has 2 atom stereocenters. The molecule has 8 heteroatoms. The molecule has 1 N–H and O–H groups in total. The van der Waals surface area contributed by atoms with E-state index in [1.165, 1.54) is 4.90 Å². The second-order valence-electron chi connectivity index (χ2n) is 8.70. The maximum Gasteiger partial charge on any atom is 0.410 e. The lowest BCUT2D eigenvalue weighted by molar-refractivity contribution is -0.143. The van der Waals surface area contributed by atoms with E-state index < -0.39 is 29.7 Å². The zero-order chi connectivity index (χ0) is 21.2. The van der Waals surface area contributed by atoms with Gasteiger partial charge in [-0.25, -0.2) is 9.59 Å². The molecule has 158 valence electrons. The van der Waals surface area contributed by atoms with E-state index in [9.17, 15) is 19.5 Å². The molecule has 1 aromatic rings. The van der Waals surface area contributed by atoms with E-state index in [0.29, 0.717) is 19.6 Å². The number of benzene rings is 1. The van der Waals surface area contributed by atoms with Crippen LogP contribution in [0.1, 0.15) is 26.3 Å². The predicted octanol–water partition coefficient (Wildman–Crippen LogP) is 2.82. The summed E-state index contributed by atoms with van der Waals surface area (Å²) >= 11 is 0. The van der Waals surface area contributed by atoms with Gasteiger partial charge in [-0.05, 0) is 38.2 Å². The summed E-state index contributed by atoms with van der Waals surface area (Å²) in [7, 11) is 0. The van der Waals surface area contributed by atoms with Crippen LogP contribution in [0.4, 0.5) is 9.59 Å². The summed E-state index contributed by atoms with van der Waals surface area (Å²) in [4.78, 5) is 39.3. The number of likely N-dealkylation sites (tertiary alicyclic amines) is 2. The van der Waals surface area contributed by atoms with Gasteiger partial charge < -0.3 is 24.4 Å². The minimum absolute atomic E-state index is 0.0236. The Morgan fingerprint density at radius 1 is 1.00 bits per heavy atom. The van der Waals surface area contributed by atoms with Gasteiger partial charge in [0.2, 0.25) is 0 Å². The Labute approximate surface area is 170 Å². The molecule has 0 aliphatic carbocycles. The quantitative estimate of drug-likeness (QED) is 0.829. The molecule has 2 amide bonds. The maximum absolute atomic E-state index is 12.4. The highest BCUT2D eigenvalue weighted by Crippen LogP contribution is 2.36. The van der Waals surface area contributed by atoms with Crippen molar-refractivity contribution < 1.29 is 29.0 Å². The molecule has 2 aliphatic heterocycles. The molecule has 0 saturated carbocycles. The van der Waals surface area contributed by atoms with Gasteiger partial charge in [0.05, 0.1) is 5.92 Å². The molecular formula is C21H28N2O6. The lowest BCUT2D eigenvalue weighted by atomic mass is 9.79. The number of hydrogen-bond donors (Lipinski definition) is 1. The number of rotatable bonds is 4. The first-order chi connectivity index (χ1) is 13.6. The van der Waals surface area contributed by atoms with Crippen molar-refractivity contribution in [3.63, 3.8) is 0 Å². The monoisotopic (exact) mass is 404 g/mol. The first-order valence-electron chi connectivity index (χ1n) is 9.80. The maximum atomic E-state index is 12.4. The Hall–Kier alpha value is -2.77. The van der Waals surface area contributed by atoms with Crippen LogP contribution in [0.25, 0.3) is 0 Å². The predicted molar refractivity (Wildman–Crippen MR) is 104 cm³/mol. The highest BCUT2D eigenvalue weighted by molar-refractivity contribution is 5.75. The fraction of sp³-hybridized carbons (Fsp3) is 0.571. The van der Waals surface area contributed by atoms with Gasteiger partial charge in [0.15, 0.2) is 0 Å². The smallest absolute Gasteiger partial charge is 0.410 e. The van der Waals surface area contributed by atoms with Crippen molar-refractivity contribution in [1.29, 1.82) is 0 Å². The fourth-order valence-electron chi connectivity index (χ4n) is 3.79. The lowest BCUT2D eigenvalue weighted by Crippen LogP contribution is -2.55. The number of ether oxygens (including phenoxy) is 2. The van der Waals surface area contributed by atoms with Gasteiger partial charge in [-0.1, -0.05) is 30.3 Å².